The van der Waals surface area contributed by atoms with Crippen LogP contribution < -0.4 is 10.6 Å². The number of anilines is 1. The molecule has 1 aliphatic rings. The molecule has 134 valence electrons. The molecule has 1 fully saturated rings. The summed E-state index contributed by atoms with van der Waals surface area (Å²) in [5, 5.41) is 0.545. The van der Waals surface area contributed by atoms with Gasteiger partial charge in [-0.2, -0.15) is 18.2 Å². The van der Waals surface area contributed by atoms with E-state index in [1.807, 2.05) is 4.90 Å². The maximum absolute atomic E-state index is 13.2. The second kappa shape index (κ2) is 6.16. The van der Waals surface area contributed by atoms with Crippen LogP contribution in [-0.2, 0) is 6.18 Å². The number of rotatable bonds is 2. The molecule has 0 N–H and O–H groups in total. The topological polar surface area (TPSA) is 38.1 Å². The number of para-hydroxylation sites is 1. The van der Waals surface area contributed by atoms with E-state index >= 15 is 0 Å². The van der Waals surface area contributed by atoms with E-state index < -0.39 is 17.4 Å². The Hall–Kier alpha value is -2.83. The van der Waals surface area contributed by atoms with E-state index in [0.717, 1.165) is 38.1 Å². The van der Waals surface area contributed by atoms with Crippen LogP contribution in [0.25, 0.3) is 16.6 Å². The van der Waals surface area contributed by atoms with Gasteiger partial charge in [0.25, 0.3) is 0 Å². The molecule has 4 nitrogen and oxygen atoms in total. The van der Waals surface area contributed by atoms with E-state index in [-0.39, 0.29) is 5.52 Å². The number of nitrogens with zero attached hydrogens (tertiary/aromatic N) is 3. The number of fused-ring (bicyclic) bond motifs is 1. The van der Waals surface area contributed by atoms with E-state index in [1.54, 1.807) is 30.3 Å². The Morgan fingerprint density at radius 3 is 2.31 bits per heavy atom. The minimum absolute atomic E-state index is 0.216. The maximum atomic E-state index is 13.2. The van der Waals surface area contributed by atoms with Gasteiger partial charge in [-0.05, 0) is 43.2 Å². The van der Waals surface area contributed by atoms with Crippen LogP contribution in [0.2, 0.25) is 0 Å². The van der Waals surface area contributed by atoms with Crippen LogP contribution in [0.4, 0.5) is 19.0 Å². The SMILES string of the molecule is O=c1nc(N2CCCC2)c2ccc(C(F)(F)F)cc2n1-c1ccccc1. The molecular formula is C19H16F3N3O. The summed E-state index contributed by atoms with van der Waals surface area (Å²) < 4.78 is 41.0. The van der Waals surface area contributed by atoms with E-state index in [9.17, 15) is 18.0 Å². The predicted molar refractivity (Wildman–Crippen MR) is 93.8 cm³/mol. The van der Waals surface area contributed by atoms with Gasteiger partial charge < -0.3 is 4.90 Å². The van der Waals surface area contributed by atoms with Crippen molar-refractivity contribution >= 4 is 16.7 Å². The van der Waals surface area contributed by atoms with Crippen molar-refractivity contribution in [1.29, 1.82) is 0 Å². The molecule has 0 aliphatic carbocycles. The molecule has 26 heavy (non-hydrogen) atoms. The fourth-order valence-electron chi connectivity index (χ4n) is 3.38. The van der Waals surface area contributed by atoms with Crippen LogP contribution >= 0.6 is 0 Å². The molecule has 0 atom stereocenters. The summed E-state index contributed by atoms with van der Waals surface area (Å²) in [5.41, 5.74) is -0.659. The maximum Gasteiger partial charge on any atom is 0.416 e. The summed E-state index contributed by atoms with van der Waals surface area (Å²) in [6.45, 7) is 1.50. The molecule has 1 aromatic heterocycles. The van der Waals surface area contributed by atoms with Crippen molar-refractivity contribution in [3.63, 3.8) is 0 Å². The van der Waals surface area contributed by atoms with Crippen LogP contribution in [-0.4, -0.2) is 22.6 Å². The fraction of sp³-hybridized carbons (Fsp3) is 0.263. The molecule has 1 saturated heterocycles. The molecule has 2 aromatic carbocycles. The van der Waals surface area contributed by atoms with Crippen LogP contribution in [0.1, 0.15) is 18.4 Å². The van der Waals surface area contributed by atoms with Crippen LogP contribution in [0.3, 0.4) is 0 Å². The van der Waals surface area contributed by atoms with Crippen molar-refractivity contribution in [2.45, 2.75) is 19.0 Å². The molecule has 0 spiro atoms. The lowest BCUT2D eigenvalue weighted by Crippen LogP contribution is -2.28. The summed E-state index contributed by atoms with van der Waals surface area (Å²) in [7, 11) is 0. The van der Waals surface area contributed by atoms with E-state index in [1.165, 1.54) is 10.6 Å². The van der Waals surface area contributed by atoms with Crippen molar-refractivity contribution in [2.24, 2.45) is 0 Å². The first-order chi connectivity index (χ1) is 12.4. The molecule has 3 aromatic rings. The normalized spacial score (nSPS) is 15.0. The van der Waals surface area contributed by atoms with Crippen molar-refractivity contribution in [2.75, 3.05) is 18.0 Å². The van der Waals surface area contributed by atoms with E-state index in [0.29, 0.717) is 16.9 Å². The third kappa shape index (κ3) is 2.83. The summed E-state index contributed by atoms with van der Waals surface area (Å²) in [6.07, 6.45) is -2.53. The van der Waals surface area contributed by atoms with E-state index in [2.05, 4.69) is 4.98 Å². The lowest BCUT2D eigenvalue weighted by Gasteiger charge is -2.21. The van der Waals surface area contributed by atoms with Gasteiger partial charge in [-0.1, -0.05) is 18.2 Å². The summed E-state index contributed by atoms with van der Waals surface area (Å²) in [6, 6.07) is 12.1. The van der Waals surface area contributed by atoms with Crippen molar-refractivity contribution in [1.82, 2.24) is 9.55 Å². The quantitative estimate of drug-likeness (QED) is 0.694. The standard InChI is InChI=1S/C19H16F3N3O/c20-19(21,22)13-8-9-15-16(12-13)25(14-6-2-1-3-7-14)18(26)23-17(15)24-10-4-5-11-24/h1-3,6-9,12H,4-5,10-11H2. The Labute approximate surface area is 147 Å². The smallest absolute Gasteiger partial charge is 0.356 e. The molecule has 1 aliphatic heterocycles. The fourth-order valence-corrected chi connectivity index (χ4v) is 3.38. The second-order valence-corrected chi connectivity index (χ2v) is 6.31. The molecule has 4 rings (SSSR count). The van der Waals surface area contributed by atoms with Crippen LogP contribution in [0.15, 0.2) is 53.3 Å². The molecular weight excluding hydrogens is 343 g/mol. The predicted octanol–water partition coefficient (Wildman–Crippen LogP) is 4.00. The number of benzene rings is 2. The molecule has 0 saturated carbocycles. The molecule has 0 bridgehead atoms. The zero-order chi connectivity index (χ0) is 18.3. The summed E-state index contributed by atoms with van der Waals surface area (Å²) in [5.74, 6) is 0.461. The van der Waals surface area contributed by atoms with Gasteiger partial charge in [0.1, 0.15) is 5.82 Å². The number of hydrogen-bond acceptors (Lipinski definition) is 3. The average Bonchev–Trinajstić information content (AvgIpc) is 3.15. The monoisotopic (exact) mass is 359 g/mol. The first kappa shape index (κ1) is 16.6. The minimum atomic E-state index is -4.48. The van der Waals surface area contributed by atoms with Gasteiger partial charge >= 0.3 is 11.9 Å². The number of aromatic nitrogens is 2. The highest BCUT2D eigenvalue weighted by Crippen LogP contribution is 2.34. The first-order valence-electron chi connectivity index (χ1n) is 8.39. The van der Waals surface area contributed by atoms with Gasteiger partial charge in [-0.15, -0.1) is 0 Å². The third-order valence-corrected chi connectivity index (χ3v) is 4.62. The Kier molecular flexibility index (Phi) is 3.94. The van der Waals surface area contributed by atoms with Gasteiger partial charge in [0.05, 0.1) is 16.8 Å². The molecule has 2 heterocycles. The Morgan fingerprint density at radius 2 is 1.65 bits per heavy atom. The van der Waals surface area contributed by atoms with Crippen molar-refractivity contribution in [3.8, 4) is 5.69 Å². The highest BCUT2D eigenvalue weighted by Gasteiger charge is 2.31. The zero-order valence-electron chi connectivity index (χ0n) is 13.8. The third-order valence-electron chi connectivity index (χ3n) is 4.62. The minimum Gasteiger partial charge on any atom is -0.356 e. The summed E-state index contributed by atoms with van der Waals surface area (Å²) >= 11 is 0. The zero-order valence-corrected chi connectivity index (χ0v) is 13.8. The molecule has 7 heteroatoms. The van der Waals surface area contributed by atoms with Crippen molar-refractivity contribution in [3.05, 3.63) is 64.6 Å². The van der Waals surface area contributed by atoms with Crippen LogP contribution in [0, 0.1) is 0 Å². The Balaban J connectivity index is 2.05. The van der Waals surface area contributed by atoms with Crippen molar-refractivity contribution < 1.29 is 13.2 Å². The highest BCUT2D eigenvalue weighted by molar-refractivity contribution is 5.91. The van der Waals surface area contributed by atoms with Gasteiger partial charge in [0.2, 0.25) is 0 Å². The lowest BCUT2D eigenvalue weighted by molar-refractivity contribution is -0.137. The number of halogens is 3. The van der Waals surface area contributed by atoms with Gasteiger partial charge in [0, 0.05) is 18.5 Å². The second-order valence-electron chi connectivity index (χ2n) is 6.31. The lowest BCUT2D eigenvalue weighted by atomic mass is 10.1. The number of alkyl halides is 3. The molecule has 0 amide bonds. The van der Waals surface area contributed by atoms with Gasteiger partial charge in [-0.25, -0.2) is 4.79 Å². The first-order valence-corrected chi connectivity index (χ1v) is 8.39. The Morgan fingerprint density at radius 1 is 0.962 bits per heavy atom. The Bertz CT molecular complexity index is 1010. The summed E-state index contributed by atoms with van der Waals surface area (Å²) in [4.78, 5) is 18.9. The van der Waals surface area contributed by atoms with Crippen LogP contribution in [0.5, 0.6) is 0 Å². The van der Waals surface area contributed by atoms with E-state index in [4.69, 9.17) is 0 Å². The average molecular weight is 359 g/mol. The highest BCUT2D eigenvalue weighted by atomic mass is 19.4. The molecule has 0 radical (unpaired) electrons. The number of hydrogen-bond donors (Lipinski definition) is 0. The van der Waals surface area contributed by atoms with Gasteiger partial charge in [0.15, 0.2) is 0 Å². The van der Waals surface area contributed by atoms with Gasteiger partial charge in [-0.3, -0.25) is 4.57 Å². The largest absolute Gasteiger partial charge is 0.416 e. The molecule has 0 unspecified atom stereocenters.